The number of ether oxygens (including phenoxy) is 1. The number of esters is 1. The highest BCUT2D eigenvalue weighted by Gasteiger charge is 2.14. The summed E-state index contributed by atoms with van der Waals surface area (Å²) in [5.74, 6) is 1.28. The van der Waals surface area contributed by atoms with E-state index in [0.717, 1.165) is 11.7 Å². The molecule has 1 saturated heterocycles. The second-order valence-corrected chi connectivity index (χ2v) is 5.22. The van der Waals surface area contributed by atoms with E-state index in [4.69, 9.17) is 0 Å². The van der Waals surface area contributed by atoms with Gasteiger partial charge in [-0.15, -0.1) is 0 Å². The lowest BCUT2D eigenvalue weighted by molar-refractivity contribution is -0.140. The molecular formula is C11H20O2S. The average molecular weight is 216 g/mol. The second kappa shape index (κ2) is 7.16. The highest BCUT2D eigenvalue weighted by molar-refractivity contribution is 8.00. The van der Waals surface area contributed by atoms with Gasteiger partial charge in [-0.3, -0.25) is 4.79 Å². The predicted molar refractivity (Wildman–Crippen MR) is 60.6 cm³/mol. The Labute approximate surface area is 90.8 Å². The van der Waals surface area contributed by atoms with Gasteiger partial charge in [-0.2, -0.15) is 11.8 Å². The predicted octanol–water partition coefficient (Wildman–Crippen LogP) is 3.01. The summed E-state index contributed by atoms with van der Waals surface area (Å²) >= 11 is 2.12. The maximum absolute atomic E-state index is 10.8. The molecule has 0 spiro atoms. The number of unbranched alkanes of at least 4 members (excludes halogenated alkanes) is 2. The topological polar surface area (TPSA) is 26.3 Å². The molecule has 0 N–H and O–H groups in total. The molecule has 0 aliphatic carbocycles. The van der Waals surface area contributed by atoms with Crippen LogP contribution in [0.1, 0.15) is 44.9 Å². The van der Waals surface area contributed by atoms with Crippen molar-refractivity contribution in [2.24, 2.45) is 0 Å². The van der Waals surface area contributed by atoms with Crippen LogP contribution < -0.4 is 0 Å². The number of methoxy groups -OCH3 is 1. The first-order valence-electron chi connectivity index (χ1n) is 5.51. The zero-order valence-corrected chi connectivity index (χ0v) is 9.78. The minimum atomic E-state index is -0.0692. The third-order valence-electron chi connectivity index (χ3n) is 2.66. The molecule has 0 aromatic heterocycles. The maximum Gasteiger partial charge on any atom is 0.305 e. The normalized spacial score (nSPS) is 21.1. The summed E-state index contributed by atoms with van der Waals surface area (Å²) in [6.45, 7) is 0. The summed E-state index contributed by atoms with van der Waals surface area (Å²) < 4.78 is 4.59. The molecule has 0 bridgehead atoms. The van der Waals surface area contributed by atoms with E-state index in [0.29, 0.717) is 6.42 Å². The fourth-order valence-electron chi connectivity index (χ4n) is 1.79. The molecule has 1 aliphatic heterocycles. The van der Waals surface area contributed by atoms with Crippen LogP contribution in [0.25, 0.3) is 0 Å². The lowest BCUT2D eigenvalue weighted by Crippen LogP contribution is -2.00. The van der Waals surface area contributed by atoms with Crippen LogP contribution in [0.15, 0.2) is 0 Å². The maximum atomic E-state index is 10.8. The minimum Gasteiger partial charge on any atom is -0.469 e. The van der Waals surface area contributed by atoms with Gasteiger partial charge in [-0.25, -0.2) is 0 Å². The summed E-state index contributed by atoms with van der Waals surface area (Å²) in [5, 5.41) is 0.910. The Hall–Kier alpha value is -0.180. The number of thioether (sulfide) groups is 1. The van der Waals surface area contributed by atoms with Crippen molar-refractivity contribution in [1.82, 2.24) is 0 Å². The van der Waals surface area contributed by atoms with Crippen LogP contribution >= 0.6 is 11.8 Å². The molecule has 14 heavy (non-hydrogen) atoms. The molecule has 0 amide bonds. The standard InChI is InChI=1S/C11H20O2S/c1-13-11(12)8-4-2-3-6-10-7-5-9-14-10/h10H,2-9H2,1H3. The van der Waals surface area contributed by atoms with Crippen molar-refractivity contribution in [2.45, 2.75) is 50.2 Å². The van der Waals surface area contributed by atoms with Gasteiger partial charge in [0.05, 0.1) is 7.11 Å². The van der Waals surface area contributed by atoms with Gasteiger partial charge in [-0.1, -0.05) is 12.8 Å². The first kappa shape index (κ1) is 11.9. The van der Waals surface area contributed by atoms with Crippen LogP contribution in [0.2, 0.25) is 0 Å². The van der Waals surface area contributed by atoms with Crippen molar-refractivity contribution in [3.05, 3.63) is 0 Å². The molecule has 3 heteroatoms. The van der Waals surface area contributed by atoms with E-state index in [1.807, 2.05) is 0 Å². The third-order valence-corrected chi connectivity index (χ3v) is 4.13. The monoisotopic (exact) mass is 216 g/mol. The highest BCUT2D eigenvalue weighted by Crippen LogP contribution is 2.30. The molecule has 0 saturated carbocycles. The van der Waals surface area contributed by atoms with Crippen LogP contribution in [-0.2, 0) is 9.53 Å². The smallest absolute Gasteiger partial charge is 0.305 e. The molecule has 0 aromatic carbocycles. The summed E-state index contributed by atoms with van der Waals surface area (Å²) in [6.07, 6.45) is 8.17. The summed E-state index contributed by atoms with van der Waals surface area (Å²) in [6, 6.07) is 0. The summed E-state index contributed by atoms with van der Waals surface area (Å²) in [5.41, 5.74) is 0. The fraction of sp³-hybridized carbons (Fsp3) is 0.909. The number of carbonyl (C=O) groups is 1. The Morgan fingerprint density at radius 1 is 1.43 bits per heavy atom. The van der Waals surface area contributed by atoms with Crippen LogP contribution in [0.5, 0.6) is 0 Å². The van der Waals surface area contributed by atoms with Gasteiger partial charge in [0.2, 0.25) is 0 Å². The fourth-order valence-corrected chi connectivity index (χ4v) is 3.13. The Morgan fingerprint density at radius 3 is 2.93 bits per heavy atom. The van der Waals surface area contributed by atoms with E-state index in [1.54, 1.807) is 0 Å². The van der Waals surface area contributed by atoms with Crippen molar-refractivity contribution < 1.29 is 9.53 Å². The van der Waals surface area contributed by atoms with Gasteiger partial charge in [0.15, 0.2) is 0 Å². The van der Waals surface area contributed by atoms with E-state index < -0.39 is 0 Å². The SMILES string of the molecule is COC(=O)CCCCCC1CCCS1. The van der Waals surface area contributed by atoms with Crippen molar-refractivity contribution in [3.63, 3.8) is 0 Å². The van der Waals surface area contributed by atoms with Crippen molar-refractivity contribution in [1.29, 1.82) is 0 Å². The zero-order valence-electron chi connectivity index (χ0n) is 8.96. The van der Waals surface area contributed by atoms with Gasteiger partial charge in [0, 0.05) is 11.7 Å². The molecular weight excluding hydrogens is 196 g/mol. The van der Waals surface area contributed by atoms with E-state index >= 15 is 0 Å². The lowest BCUT2D eigenvalue weighted by atomic mass is 10.1. The minimum absolute atomic E-state index is 0.0692. The van der Waals surface area contributed by atoms with Gasteiger partial charge >= 0.3 is 5.97 Å². The molecule has 1 fully saturated rings. The van der Waals surface area contributed by atoms with Crippen LogP contribution in [0.3, 0.4) is 0 Å². The molecule has 1 atom stereocenters. The first-order valence-corrected chi connectivity index (χ1v) is 6.56. The quantitative estimate of drug-likeness (QED) is 0.504. The van der Waals surface area contributed by atoms with E-state index in [2.05, 4.69) is 16.5 Å². The molecule has 1 unspecified atom stereocenters. The van der Waals surface area contributed by atoms with Crippen LogP contribution in [0.4, 0.5) is 0 Å². The van der Waals surface area contributed by atoms with Gasteiger partial charge in [0.25, 0.3) is 0 Å². The van der Waals surface area contributed by atoms with E-state index in [1.165, 1.54) is 45.0 Å². The van der Waals surface area contributed by atoms with E-state index in [-0.39, 0.29) is 5.97 Å². The molecule has 0 aromatic rings. The molecule has 1 rings (SSSR count). The Morgan fingerprint density at radius 2 is 2.29 bits per heavy atom. The number of carbonyl (C=O) groups excluding carboxylic acids is 1. The third kappa shape index (κ3) is 4.89. The Balaban J connectivity index is 1.86. The van der Waals surface area contributed by atoms with E-state index in [9.17, 15) is 4.79 Å². The largest absolute Gasteiger partial charge is 0.469 e. The van der Waals surface area contributed by atoms with Crippen LogP contribution in [-0.4, -0.2) is 24.1 Å². The van der Waals surface area contributed by atoms with Crippen molar-refractivity contribution in [2.75, 3.05) is 12.9 Å². The van der Waals surface area contributed by atoms with Gasteiger partial charge in [-0.05, 0) is 31.4 Å². The molecule has 2 nitrogen and oxygen atoms in total. The number of hydrogen-bond acceptors (Lipinski definition) is 3. The number of rotatable bonds is 6. The van der Waals surface area contributed by atoms with Gasteiger partial charge < -0.3 is 4.74 Å². The summed E-state index contributed by atoms with van der Waals surface area (Å²) in [4.78, 5) is 10.8. The Kier molecular flexibility index (Phi) is 6.08. The number of hydrogen-bond donors (Lipinski definition) is 0. The first-order chi connectivity index (χ1) is 6.83. The van der Waals surface area contributed by atoms with Gasteiger partial charge in [0.1, 0.15) is 0 Å². The molecule has 82 valence electrons. The zero-order chi connectivity index (χ0) is 10.2. The highest BCUT2D eigenvalue weighted by atomic mass is 32.2. The Bertz CT molecular complexity index is 165. The van der Waals surface area contributed by atoms with Crippen molar-refractivity contribution >= 4 is 17.7 Å². The van der Waals surface area contributed by atoms with Crippen LogP contribution in [0, 0.1) is 0 Å². The second-order valence-electron chi connectivity index (χ2n) is 3.81. The lowest BCUT2D eigenvalue weighted by Gasteiger charge is -2.06. The molecule has 1 heterocycles. The molecule has 0 radical (unpaired) electrons. The molecule has 1 aliphatic rings. The summed E-state index contributed by atoms with van der Waals surface area (Å²) in [7, 11) is 1.46. The van der Waals surface area contributed by atoms with Crippen molar-refractivity contribution in [3.8, 4) is 0 Å². The average Bonchev–Trinajstić information content (AvgIpc) is 2.69.